The topological polar surface area (TPSA) is 138 Å². The molecule has 5 aromatic rings. The van der Waals surface area contributed by atoms with Gasteiger partial charge in [-0.05, 0) is 24.6 Å². The van der Waals surface area contributed by atoms with Crippen LogP contribution in [0.25, 0.3) is 10.9 Å². The number of anilines is 2. The molecule has 17 heteroatoms. The summed E-state index contributed by atoms with van der Waals surface area (Å²) in [6.07, 6.45) is 4.05. The van der Waals surface area contributed by atoms with Crippen LogP contribution in [0.2, 0.25) is 10.0 Å². The number of amides is 1. The Bertz CT molecular complexity index is 2010. The largest absolute Gasteiger partial charge is 0.355 e. The van der Waals surface area contributed by atoms with Crippen LogP contribution in [0.1, 0.15) is 17.8 Å². The van der Waals surface area contributed by atoms with Gasteiger partial charge in [-0.25, -0.2) is 27.9 Å². The summed E-state index contributed by atoms with van der Waals surface area (Å²) in [7, 11) is 1.62. The van der Waals surface area contributed by atoms with Crippen molar-refractivity contribution in [3.05, 3.63) is 90.8 Å². The molecular weight excluding hydrogens is 609 g/mol. The molecule has 6 rings (SSSR count). The highest BCUT2D eigenvalue weighted by Gasteiger charge is 2.22. The first-order valence-corrected chi connectivity index (χ1v) is 13.7. The summed E-state index contributed by atoms with van der Waals surface area (Å²) in [4.78, 5) is 48.9. The van der Waals surface area contributed by atoms with Crippen LogP contribution < -0.4 is 16.7 Å². The van der Waals surface area contributed by atoms with Crippen molar-refractivity contribution in [2.75, 3.05) is 18.4 Å². The monoisotopic (exact) mass is 630 g/mol. The van der Waals surface area contributed by atoms with Crippen molar-refractivity contribution < 1.29 is 13.6 Å². The molecule has 0 atom stereocenters. The van der Waals surface area contributed by atoms with E-state index >= 15 is 0 Å². The van der Waals surface area contributed by atoms with Gasteiger partial charge >= 0.3 is 11.4 Å². The first-order chi connectivity index (χ1) is 20.5. The van der Waals surface area contributed by atoms with Gasteiger partial charge in [0.25, 0.3) is 0 Å². The summed E-state index contributed by atoms with van der Waals surface area (Å²) in [5, 5.41) is 11.8. The number of likely N-dealkylation sites (tertiary alicyclic amines) is 1. The number of carbonyl (C=O) groups is 1. The van der Waals surface area contributed by atoms with Crippen LogP contribution >= 0.6 is 23.2 Å². The van der Waals surface area contributed by atoms with Gasteiger partial charge in [0.15, 0.2) is 5.82 Å². The third kappa shape index (κ3) is 5.72. The number of carbonyl (C=O) groups excluding carboxylic acids is 1. The van der Waals surface area contributed by atoms with Gasteiger partial charge in [-0.2, -0.15) is 15.2 Å². The zero-order valence-corrected chi connectivity index (χ0v) is 24.0. The van der Waals surface area contributed by atoms with E-state index in [0.29, 0.717) is 17.0 Å². The SMILES string of the molecule is Cn1cnc(Cn2c(=O)nc(Nc3cc4cn(CC(=O)N5CCC5)nc4cc3Cl)n(Cc3cc(Cl)c(F)cc3F)c2=O)n1. The average Bonchev–Trinajstić information content (AvgIpc) is 3.50. The number of hydrogen-bond acceptors (Lipinski definition) is 8. The van der Waals surface area contributed by atoms with E-state index in [0.717, 1.165) is 34.7 Å². The summed E-state index contributed by atoms with van der Waals surface area (Å²) in [6, 6.07) is 4.82. The number of nitrogens with one attached hydrogen (secondary N) is 1. The van der Waals surface area contributed by atoms with E-state index < -0.39 is 29.6 Å². The number of nitrogens with zero attached hydrogens (tertiary/aromatic N) is 9. The molecule has 0 aliphatic carbocycles. The molecule has 43 heavy (non-hydrogen) atoms. The molecule has 4 heterocycles. The molecule has 0 spiro atoms. The van der Waals surface area contributed by atoms with Gasteiger partial charge in [0.05, 0.1) is 34.3 Å². The van der Waals surface area contributed by atoms with Crippen LogP contribution in [0.3, 0.4) is 0 Å². The maximum absolute atomic E-state index is 14.7. The van der Waals surface area contributed by atoms with Gasteiger partial charge in [-0.3, -0.25) is 18.7 Å². The Morgan fingerprint density at radius 2 is 1.79 bits per heavy atom. The Kier molecular flexibility index (Phi) is 7.43. The van der Waals surface area contributed by atoms with Crippen molar-refractivity contribution in [2.45, 2.75) is 26.1 Å². The lowest BCUT2D eigenvalue weighted by molar-refractivity contribution is -0.135. The number of aromatic nitrogens is 8. The lowest BCUT2D eigenvalue weighted by Gasteiger charge is -2.30. The number of hydrogen-bond donors (Lipinski definition) is 1. The predicted molar refractivity (Wildman–Crippen MR) is 153 cm³/mol. The maximum atomic E-state index is 14.7. The van der Waals surface area contributed by atoms with E-state index in [1.807, 2.05) is 0 Å². The zero-order chi connectivity index (χ0) is 30.4. The van der Waals surface area contributed by atoms with E-state index in [1.165, 1.54) is 15.7 Å². The highest BCUT2D eigenvalue weighted by molar-refractivity contribution is 6.34. The number of aryl methyl sites for hydroxylation is 1. The molecular formula is C26H22Cl2F2N10O3. The third-order valence-electron chi connectivity index (χ3n) is 6.91. The highest BCUT2D eigenvalue weighted by atomic mass is 35.5. The van der Waals surface area contributed by atoms with Crippen molar-refractivity contribution >= 4 is 51.6 Å². The molecule has 0 saturated carbocycles. The minimum atomic E-state index is -0.967. The van der Waals surface area contributed by atoms with Crippen molar-refractivity contribution in [3.63, 3.8) is 0 Å². The Hall–Kier alpha value is -4.63. The molecule has 13 nitrogen and oxygen atoms in total. The fourth-order valence-electron chi connectivity index (χ4n) is 4.55. The van der Waals surface area contributed by atoms with E-state index in [9.17, 15) is 23.2 Å². The van der Waals surface area contributed by atoms with Gasteiger partial charge in [0.2, 0.25) is 11.9 Å². The summed E-state index contributed by atoms with van der Waals surface area (Å²) in [5.41, 5.74) is -1.16. The van der Waals surface area contributed by atoms with Crippen molar-refractivity contribution in [2.24, 2.45) is 7.05 Å². The van der Waals surface area contributed by atoms with E-state index in [1.54, 1.807) is 30.3 Å². The van der Waals surface area contributed by atoms with Crippen LogP contribution in [-0.2, 0) is 31.5 Å². The molecule has 3 aromatic heterocycles. The second kappa shape index (κ2) is 11.2. The molecule has 2 aromatic carbocycles. The lowest BCUT2D eigenvalue weighted by atomic mass is 10.2. The van der Waals surface area contributed by atoms with Crippen LogP contribution in [0, 0.1) is 11.6 Å². The summed E-state index contributed by atoms with van der Waals surface area (Å²) < 4.78 is 33.3. The fourth-order valence-corrected chi connectivity index (χ4v) is 4.95. The molecule has 1 fully saturated rings. The maximum Gasteiger partial charge on any atom is 0.355 e. The molecule has 1 aliphatic rings. The molecule has 0 bridgehead atoms. The first-order valence-electron chi connectivity index (χ1n) is 13.0. The lowest BCUT2D eigenvalue weighted by Crippen LogP contribution is -2.43. The quantitative estimate of drug-likeness (QED) is 0.258. The smallest absolute Gasteiger partial charge is 0.341 e. The normalized spacial score (nSPS) is 13.0. The summed E-state index contributed by atoms with van der Waals surface area (Å²) in [6.45, 7) is 0.733. The zero-order valence-electron chi connectivity index (χ0n) is 22.5. The van der Waals surface area contributed by atoms with Crippen LogP contribution in [0.5, 0.6) is 0 Å². The number of fused-ring (bicyclic) bond motifs is 1. The Morgan fingerprint density at radius 1 is 1.00 bits per heavy atom. The van der Waals surface area contributed by atoms with Gasteiger partial charge in [0, 0.05) is 43.4 Å². The summed E-state index contributed by atoms with van der Waals surface area (Å²) in [5.74, 6) is -2.06. The van der Waals surface area contributed by atoms with Crippen molar-refractivity contribution in [1.82, 2.24) is 43.6 Å². The highest BCUT2D eigenvalue weighted by Crippen LogP contribution is 2.30. The Balaban J connectivity index is 1.39. The second-order valence-corrected chi connectivity index (χ2v) is 10.8. The van der Waals surface area contributed by atoms with Crippen LogP contribution in [0.4, 0.5) is 20.4 Å². The van der Waals surface area contributed by atoms with E-state index in [4.69, 9.17) is 23.2 Å². The van der Waals surface area contributed by atoms with Gasteiger partial charge in [-0.15, -0.1) is 0 Å². The minimum absolute atomic E-state index is 0.0497. The van der Waals surface area contributed by atoms with Crippen molar-refractivity contribution in [1.29, 1.82) is 0 Å². The molecule has 0 unspecified atom stereocenters. The van der Waals surface area contributed by atoms with Gasteiger partial charge in [-0.1, -0.05) is 23.2 Å². The number of benzene rings is 2. The predicted octanol–water partition coefficient (Wildman–Crippen LogP) is 2.54. The molecule has 1 saturated heterocycles. The van der Waals surface area contributed by atoms with Crippen LogP contribution in [-0.4, -0.2) is 62.6 Å². The third-order valence-corrected chi connectivity index (χ3v) is 7.51. The van der Waals surface area contributed by atoms with Crippen molar-refractivity contribution in [3.8, 4) is 0 Å². The molecule has 1 aliphatic heterocycles. The molecule has 0 radical (unpaired) electrons. The molecule has 1 N–H and O–H groups in total. The Labute approximate surface area is 250 Å². The number of rotatable bonds is 8. The number of halogens is 4. The standard InChI is InChI=1S/C26H22Cl2F2N10O3/c1-36-13-31-22(35-36)11-40-25(42)33-24(39(26(40)43)10-14-5-16(27)19(30)8-18(14)29)32-21-6-15-9-38(34-20(15)7-17(21)28)12-23(41)37-3-2-4-37/h5-9,13H,2-4,10-12H2,1H3,(H,32,33,42). The fraction of sp³-hybridized carbons (Fsp3) is 0.269. The molecule has 222 valence electrons. The van der Waals surface area contributed by atoms with Crippen LogP contribution in [0.15, 0.2) is 46.4 Å². The minimum Gasteiger partial charge on any atom is -0.341 e. The first kappa shape index (κ1) is 28.5. The van der Waals surface area contributed by atoms with Gasteiger partial charge < -0.3 is 10.2 Å². The average molecular weight is 631 g/mol. The Morgan fingerprint density at radius 3 is 2.49 bits per heavy atom. The van der Waals surface area contributed by atoms with E-state index in [2.05, 4.69) is 25.5 Å². The molecule has 1 amide bonds. The summed E-state index contributed by atoms with van der Waals surface area (Å²) >= 11 is 12.4. The van der Waals surface area contributed by atoms with Gasteiger partial charge in [0.1, 0.15) is 24.5 Å². The van der Waals surface area contributed by atoms with E-state index in [-0.39, 0.29) is 52.1 Å². The second-order valence-electron chi connectivity index (χ2n) is 9.94.